The predicted octanol–water partition coefficient (Wildman–Crippen LogP) is 3.12. The first-order valence-electron chi connectivity index (χ1n) is 7.27. The SMILES string of the molecule is NC(=O)Cc1c(F)ccc(OCc2ccc3ccccc3n2)c1F. The van der Waals surface area contributed by atoms with Crippen LogP contribution in [-0.4, -0.2) is 10.9 Å². The van der Waals surface area contributed by atoms with Crippen LogP contribution in [0.4, 0.5) is 8.78 Å². The summed E-state index contributed by atoms with van der Waals surface area (Å²) in [7, 11) is 0. The first-order chi connectivity index (χ1) is 11.5. The molecule has 3 rings (SSSR count). The molecule has 6 heteroatoms. The maximum atomic E-state index is 14.3. The van der Waals surface area contributed by atoms with Crippen LogP contribution in [-0.2, 0) is 17.8 Å². The Labute approximate surface area is 136 Å². The summed E-state index contributed by atoms with van der Waals surface area (Å²) in [5.74, 6) is -2.72. The molecular weight excluding hydrogens is 314 g/mol. The van der Waals surface area contributed by atoms with Gasteiger partial charge in [0.25, 0.3) is 0 Å². The van der Waals surface area contributed by atoms with Gasteiger partial charge in [0.1, 0.15) is 12.4 Å². The van der Waals surface area contributed by atoms with Gasteiger partial charge in [-0.15, -0.1) is 0 Å². The second-order valence-corrected chi connectivity index (χ2v) is 5.27. The van der Waals surface area contributed by atoms with Crippen molar-refractivity contribution < 1.29 is 18.3 Å². The monoisotopic (exact) mass is 328 g/mol. The van der Waals surface area contributed by atoms with Crippen LogP contribution >= 0.6 is 0 Å². The molecule has 0 aliphatic carbocycles. The van der Waals surface area contributed by atoms with E-state index in [4.69, 9.17) is 10.5 Å². The smallest absolute Gasteiger partial charge is 0.222 e. The maximum Gasteiger partial charge on any atom is 0.222 e. The van der Waals surface area contributed by atoms with E-state index < -0.39 is 29.5 Å². The van der Waals surface area contributed by atoms with Crippen molar-refractivity contribution in [2.75, 3.05) is 0 Å². The highest BCUT2D eigenvalue weighted by molar-refractivity contribution is 5.78. The van der Waals surface area contributed by atoms with Crippen LogP contribution in [0.3, 0.4) is 0 Å². The molecule has 0 atom stereocenters. The molecule has 24 heavy (non-hydrogen) atoms. The van der Waals surface area contributed by atoms with E-state index in [1.165, 1.54) is 6.07 Å². The van der Waals surface area contributed by atoms with Gasteiger partial charge in [-0.1, -0.05) is 24.3 Å². The number of amides is 1. The molecular formula is C18H14F2N2O2. The van der Waals surface area contributed by atoms with E-state index in [1.54, 1.807) is 6.07 Å². The fraction of sp³-hybridized carbons (Fsp3) is 0.111. The lowest BCUT2D eigenvalue weighted by molar-refractivity contribution is -0.117. The van der Waals surface area contributed by atoms with Crippen molar-refractivity contribution in [3.05, 3.63) is 71.4 Å². The number of primary amides is 1. The van der Waals surface area contributed by atoms with Crippen molar-refractivity contribution >= 4 is 16.8 Å². The van der Waals surface area contributed by atoms with Gasteiger partial charge < -0.3 is 10.5 Å². The Morgan fingerprint density at radius 1 is 1.08 bits per heavy atom. The van der Waals surface area contributed by atoms with Crippen LogP contribution in [0.15, 0.2) is 48.5 Å². The van der Waals surface area contributed by atoms with Crippen molar-refractivity contribution in [2.45, 2.75) is 13.0 Å². The number of fused-ring (bicyclic) bond motifs is 1. The first kappa shape index (κ1) is 15.9. The van der Waals surface area contributed by atoms with Crippen molar-refractivity contribution in [3.63, 3.8) is 0 Å². The molecule has 1 heterocycles. The van der Waals surface area contributed by atoms with E-state index in [9.17, 15) is 13.6 Å². The van der Waals surface area contributed by atoms with Gasteiger partial charge in [-0.25, -0.2) is 13.8 Å². The summed E-state index contributed by atoms with van der Waals surface area (Å²) >= 11 is 0. The Hall–Kier alpha value is -3.02. The van der Waals surface area contributed by atoms with Gasteiger partial charge in [0.15, 0.2) is 11.6 Å². The minimum absolute atomic E-state index is 0.0173. The van der Waals surface area contributed by atoms with Crippen molar-refractivity contribution in [1.29, 1.82) is 0 Å². The minimum atomic E-state index is -0.922. The number of hydrogen-bond acceptors (Lipinski definition) is 3. The molecule has 122 valence electrons. The van der Waals surface area contributed by atoms with Crippen LogP contribution in [0.5, 0.6) is 5.75 Å². The molecule has 4 nitrogen and oxygen atoms in total. The van der Waals surface area contributed by atoms with Gasteiger partial charge in [0.2, 0.25) is 5.91 Å². The molecule has 2 aromatic carbocycles. The molecule has 0 radical (unpaired) electrons. The Morgan fingerprint density at radius 3 is 2.67 bits per heavy atom. The van der Waals surface area contributed by atoms with Gasteiger partial charge in [0, 0.05) is 10.9 Å². The van der Waals surface area contributed by atoms with Gasteiger partial charge in [-0.05, 0) is 24.3 Å². The second kappa shape index (κ2) is 6.62. The maximum absolute atomic E-state index is 14.3. The third-order valence-corrected chi connectivity index (χ3v) is 3.53. The number of halogens is 2. The summed E-state index contributed by atoms with van der Waals surface area (Å²) in [6.45, 7) is 0.0173. The van der Waals surface area contributed by atoms with Crippen LogP contribution in [0, 0.1) is 11.6 Å². The molecule has 0 fully saturated rings. The third kappa shape index (κ3) is 3.32. The van der Waals surface area contributed by atoms with E-state index in [-0.39, 0.29) is 12.4 Å². The Kier molecular flexibility index (Phi) is 4.37. The predicted molar refractivity (Wildman–Crippen MR) is 85.3 cm³/mol. The molecule has 0 unspecified atom stereocenters. The van der Waals surface area contributed by atoms with Crippen LogP contribution in [0.2, 0.25) is 0 Å². The number of pyridine rings is 1. The Morgan fingerprint density at radius 2 is 1.88 bits per heavy atom. The Bertz CT molecular complexity index is 913. The topological polar surface area (TPSA) is 65.2 Å². The molecule has 0 bridgehead atoms. The molecule has 0 saturated carbocycles. The standard InChI is InChI=1S/C18H14F2N2O2/c19-14-7-8-16(18(20)13(14)9-17(21)23)24-10-12-6-5-11-3-1-2-4-15(11)22-12/h1-8H,9-10H2,(H2,21,23). The molecule has 0 saturated heterocycles. The largest absolute Gasteiger partial charge is 0.484 e. The highest BCUT2D eigenvalue weighted by Gasteiger charge is 2.16. The third-order valence-electron chi connectivity index (χ3n) is 3.53. The normalized spacial score (nSPS) is 10.8. The first-order valence-corrected chi connectivity index (χ1v) is 7.27. The molecule has 0 aliphatic rings. The fourth-order valence-corrected chi connectivity index (χ4v) is 2.36. The molecule has 1 amide bonds. The van der Waals surface area contributed by atoms with E-state index in [0.717, 1.165) is 17.0 Å². The van der Waals surface area contributed by atoms with Crippen molar-refractivity contribution in [3.8, 4) is 5.75 Å². The lowest BCUT2D eigenvalue weighted by Crippen LogP contribution is -2.16. The van der Waals surface area contributed by atoms with Gasteiger partial charge >= 0.3 is 0 Å². The van der Waals surface area contributed by atoms with Crippen molar-refractivity contribution in [1.82, 2.24) is 4.98 Å². The van der Waals surface area contributed by atoms with E-state index >= 15 is 0 Å². The van der Waals surface area contributed by atoms with Crippen LogP contribution in [0.25, 0.3) is 10.9 Å². The number of rotatable bonds is 5. The number of hydrogen-bond donors (Lipinski definition) is 1. The quantitative estimate of drug-likeness (QED) is 0.782. The number of ether oxygens (including phenoxy) is 1. The van der Waals surface area contributed by atoms with E-state index in [0.29, 0.717) is 5.69 Å². The van der Waals surface area contributed by atoms with Crippen molar-refractivity contribution in [2.24, 2.45) is 5.73 Å². The van der Waals surface area contributed by atoms with Gasteiger partial charge in [-0.3, -0.25) is 4.79 Å². The highest BCUT2D eigenvalue weighted by Crippen LogP contribution is 2.24. The number of para-hydroxylation sites is 1. The summed E-state index contributed by atoms with van der Waals surface area (Å²) in [6.07, 6.45) is -0.525. The number of carbonyl (C=O) groups is 1. The minimum Gasteiger partial charge on any atom is -0.484 e. The molecule has 3 aromatic rings. The summed E-state index contributed by atoms with van der Waals surface area (Å²) in [4.78, 5) is 15.3. The lowest BCUT2D eigenvalue weighted by atomic mass is 10.1. The molecule has 2 N–H and O–H groups in total. The van der Waals surface area contributed by atoms with E-state index in [2.05, 4.69) is 4.98 Å². The van der Waals surface area contributed by atoms with Gasteiger partial charge in [0.05, 0.1) is 17.6 Å². The molecule has 0 aliphatic heterocycles. The lowest BCUT2D eigenvalue weighted by Gasteiger charge is -2.10. The summed E-state index contributed by atoms with van der Waals surface area (Å²) in [6, 6.07) is 13.5. The zero-order valence-corrected chi connectivity index (χ0v) is 12.6. The number of nitrogens with two attached hydrogens (primary N) is 1. The fourth-order valence-electron chi connectivity index (χ4n) is 2.36. The summed E-state index contributed by atoms with van der Waals surface area (Å²) in [5.41, 5.74) is 6.01. The Balaban J connectivity index is 1.81. The molecule has 0 spiro atoms. The van der Waals surface area contributed by atoms with Crippen LogP contribution in [0.1, 0.15) is 11.3 Å². The zero-order valence-electron chi connectivity index (χ0n) is 12.6. The van der Waals surface area contributed by atoms with Crippen LogP contribution < -0.4 is 10.5 Å². The number of carbonyl (C=O) groups excluding carboxylic acids is 1. The second-order valence-electron chi connectivity index (χ2n) is 5.27. The van der Waals surface area contributed by atoms with E-state index in [1.807, 2.05) is 30.3 Å². The zero-order chi connectivity index (χ0) is 17.1. The number of benzene rings is 2. The summed E-state index contributed by atoms with van der Waals surface area (Å²) in [5, 5.41) is 0.984. The highest BCUT2D eigenvalue weighted by atomic mass is 19.1. The summed E-state index contributed by atoms with van der Waals surface area (Å²) < 4.78 is 33.3. The average molecular weight is 328 g/mol. The average Bonchev–Trinajstić information content (AvgIpc) is 2.57. The number of aromatic nitrogens is 1. The number of nitrogens with zero attached hydrogens (tertiary/aromatic N) is 1. The van der Waals surface area contributed by atoms with Gasteiger partial charge in [-0.2, -0.15) is 0 Å². The molecule has 1 aromatic heterocycles.